The Morgan fingerprint density at radius 1 is 1.05 bits per heavy atom. The first-order valence-electron chi connectivity index (χ1n) is 6.75. The van der Waals surface area contributed by atoms with Gasteiger partial charge in [0.05, 0.1) is 9.99 Å². The molecule has 0 saturated heterocycles. The number of aromatic nitrogens is 1. The number of phenolic OH excluding ortho intramolecular Hbond substituents is 1. The zero-order chi connectivity index (χ0) is 14.7. The molecular weight excluding hydrogens is 328 g/mol. The molecule has 0 aliphatic rings. The van der Waals surface area contributed by atoms with Crippen LogP contribution < -0.4 is 5.32 Å². The van der Waals surface area contributed by atoms with Gasteiger partial charge in [0, 0.05) is 24.7 Å². The van der Waals surface area contributed by atoms with Gasteiger partial charge in [0.1, 0.15) is 5.75 Å². The van der Waals surface area contributed by atoms with Crippen LogP contribution in [-0.4, -0.2) is 10.1 Å². The number of rotatable bonds is 4. The number of halogens is 1. The van der Waals surface area contributed by atoms with E-state index in [-0.39, 0.29) is 5.75 Å². The quantitative estimate of drug-likeness (QED) is 0.753. The first-order chi connectivity index (χ1) is 10.2. The maximum atomic E-state index is 9.49. The van der Waals surface area contributed by atoms with Crippen molar-refractivity contribution in [1.82, 2.24) is 10.3 Å². The lowest BCUT2D eigenvalue weighted by Crippen LogP contribution is -2.13. The van der Waals surface area contributed by atoms with Crippen molar-refractivity contribution in [3.05, 3.63) is 70.3 Å². The molecule has 0 aliphatic heterocycles. The van der Waals surface area contributed by atoms with Gasteiger partial charge in [-0.05, 0) is 45.3 Å². The minimum Gasteiger partial charge on any atom is -0.507 e. The molecule has 3 aromatic rings. The summed E-state index contributed by atoms with van der Waals surface area (Å²) in [4.78, 5) is 4.45. The molecule has 0 amide bonds. The van der Waals surface area contributed by atoms with Crippen molar-refractivity contribution in [3.63, 3.8) is 0 Å². The largest absolute Gasteiger partial charge is 0.507 e. The fourth-order valence-electron chi connectivity index (χ4n) is 2.31. The number of nitrogens with one attached hydrogen (secondary N) is 1. The van der Waals surface area contributed by atoms with Crippen LogP contribution in [0.25, 0.3) is 10.9 Å². The van der Waals surface area contributed by atoms with E-state index in [1.165, 1.54) is 5.56 Å². The molecule has 0 fully saturated rings. The third-order valence-electron chi connectivity index (χ3n) is 3.37. The topological polar surface area (TPSA) is 45.1 Å². The Hall–Kier alpha value is -1.91. The normalized spacial score (nSPS) is 10.9. The number of fused-ring (bicyclic) bond motifs is 1. The molecule has 1 aromatic heterocycles. The fourth-order valence-corrected chi connectivity index (χ4v) is 2.74. The Bertz CT molecular complexity index is 768. The Kier molecular flexibility index (Phi) is 4.18. The predicted molar refractivity (Wildman–Crippen MR) is 88.1 cm³/mol. The van der Waals surface area contributed by atoms with Gasteiger partial charge >= 0.3 is 0 Å². The first-order valence-corrected chi connectivity index (χ1v) is 7.54. The number of nitrogens with zero attached hydrogens (tertiary/aromatic N) is 1. The highest BCUT2D eigenvalue weighted by atomic mass is 79.9. The van der Waals surface area contributed by atoms with Gasteiger partial charge in [-0.2, -0.15) is 0 Å². The van der Waals surface area contributed by atoms with Crippen molar-refractivity contribution in [2.24, 2.45) is 0 Å². The predicted octanol–water partition coefficient (Wildman–Crippen LogP) is 3.99. The van der Waals surface area contributed by atoms with Crippen LogP contribution >= 0.6 is 15.9 Å². The molecule has 0 unspecified atom stereocenters. The van der Waals surface area contributed by atoms with Gasteiger partial charge < -0.3 is 10.4 Å². The highest BCUT2D eigenvalue weighted by molar-refractivity contribution is 9.10. The molecule has 3 rings (SSSR count). The molecule has 0 spiro atoms. The maximum absolute atomic E-state index is 9.49. The number of para-hydroxylation sites is 1. The van der Waals surface area contributed by atoms with Crippen LogP contribution in [0.5, 0.6) is 5.75 Å². The third kappa shape index (κ3) is 3.23. The number of pyridine rings is 1. The molecule has 4 heteroatoms. The van der Waals surface area contributed by atoms with Crippen LogP contribution in [0.1, 0.15) is 11.1 Å². The van der Waals surface area contributed by atoms with E-state index in [0.29, 0.717) is 4.47 Å². The molecule has 1 heterocycles. The van der Waals surface area contributed by atoms with E-state index in [0.717, 1.165) is 29.6 Å². The average Bonchev–Trinajstić information content (AvgIpc) is 2.51. The molecule has 2 N–H and O–H groups in total. The van der Waals surface area contributed by atoms with Crippen molar-refractivity contribution in [1.29, 1.82) is 0 Å². The van der Waals surface area contributed by atoms with Gasteiger partial charge in [0.25, 0.3) is 0 Å². The summed E-state index contributed by atoms with van der Waals surface area (Å²) in [6, 6.07) is 15.8. The summed E-state index contributed by atoms with van der Waals surface area (Å²) in [6.45, 7) is 1.49. The lowest BCUT2D eigenvalue weighted by atomic mass is 10.1. The van der Waals surface area contributed by atoms with E-state index in [1.807, 2.05) is 24.4 Å². The standard InChI is InChI=1S/C17H15BrN2O/c18-15-9-12(6-7-16(15)21)10-19-11-14-4-1-3-13-5-2-8-20-17(13)14/h1-9,19,21H,10-11H2. The second kappa shape index (κ2) is 6.24. The average molecular weight is 343 g/mol. The van der Waals surface area contributed by atoms with Crippen LogP contribution in [0.2, 0.25) is 0 Å². The number of benzene rings is 2. The number of phenols is 1. The highest BCUT2D eigenvalue weighted by Crippen LogP contribution is 2.24. The number of hydrogen-bond donors (Lipinski definition) is 2. The third-order valence-corrected chi connectivity index (χ3v) is 4.01. The molecule has 0 radical (unpaired) electrons. The smallest absolute Gasteiger partial charge is 0.129 e. The molecule has 0 saturated carbocycles. The van der Waals surface area contributed by atoms with Gasteiger partial charge in [-0.25, -0.2) is 0 Å². The Labute approximate surface area is 131 Å². The molecule has 21 heavy (non-hydrogen) atoms. The Balaban J connectivity index is 1.70. The molecule has 0 atom stereocenters. The van der Waals surface area contributed by atoms with E-state index < -0.39 is 0 Å². The first kappa shape index (κ1) is 14.0. The lowest BCUT2D eigenvalue weighted by molar-refractivity contribution is 0.471. The van der Waals surface area contributed by atoms with E-state index >= 15 is 0 Å². The summed E-state index contributed by atoms with van der Waals surface area (Å²) >= 11 is 3.33. The van der Waals surface area contributed by atoms with Crippen LogP contribution in [0, 0.1) is 0 Å². The second-order valence-corrected chi connectivity index (χ2v) is 5.74. The minimum absolute atomic E-state index is 0.261. The summed E-state index contributed by atoms with van der Waals surface area (Å²) < 4.78 is 0.716. The summed E-state index contributed by atoms with van der Waals surface area (Å²) in [5.74, 6) is 0.261. The summed E-state index contributed by atoms with van der Waals surface area (Å²) in [5, 5.41) is 14.1. The minimum atomic E-state index is 0.261. The van der Waals surface area contributed by atoms with Gasteiger partial charge in [-0.1, -0.05) is 30.3 Å². The maximum Gasteiger partial charge on any atom is 0.129 e. The van der Waals surface area contributed by atoms with Crippen LogP contribution in [0.4, 0.5) is 0 Å². The molecule has 2 aromatic carbocycles. The zero-order valence-electron chi connectivity index (χ0n) is 11.4. The summed E-state index contributed by atoms with van der Waals surface area (Å²) in [6.07, 6.45) is 1.82. The van der Waals surface area contributed by atoms with Gasteiger partial charge in [-0.15, -0.1) is 0 Å². The lowest BCUT2D eigenvalue weighted by Gasteiger charge is -2.08. The van der Waals surface area contributed by atoms with Crippen LogP contribution in [0.3, 0.4) is 0 Å². The summed E-state index contributed by atoms with van der Waals surface area (Å²) in [7, 11) is 0. The van der Waals surface area contributed by atoms with E-state index in [2.05, 4.69) is 50.5 Å². The van der Waals surface area contributed by atoms with Crippen molar-refractivity contribution < 1.29 is 5.11 Å². The van der Waals surface area contributed by atoms with Crippen LogP contribution in [0.15, 0.2) is 59.2 Å². The Morgan fingerprint density at radius 2 is 1.90 bits per heavy atom. The van der Waals surface area contributed by atoms with Crippen LogP contribution in [-0.2, 0) is 13.1 Å². The molecule has 3 nitrogen and oxygen atoms in total. The SMILES string of the molecule is Oc1ccc(CNCc2cccc3cccnc23)cc1Br. The molecule has 0 bridgehead atoms. The van der Waals surface area contributed by atoms with Crippen molar-refractivity contribution in [2.75, 3.05) is 0 Å². The molecular formula is C17H15BrN2O. The van der Waals surface area contributed by atoms with Crippen molar-refractivity contribution >= 4 is 26.8 Å². The van der Waals surface area contributed by atoms with Gasteiger partial charge in [0.15, 0.2) is 0 Å². The summed E-state index contributed by atoms with van der Waals surface area (Å²) in [5.41, 5.74) is 3.35. The number of hydrogen-bond acceptors (Lipinski definition) is 3. The monoisotopic (exact) mass is 342 g/mol. The molecule has 106 valence electrons. The van der Waals surface area contributed by atoms with E-state index in [4.69, 9.17) is 0 Å². The zero-order valence-corrected chi connectivity index (χ0v) is 13.0. The van der Waals surface area contributed by atoms with Crippen molar-refractivity contribution in [3.8, 4) is 5.75 Å². The Morgan fingerprint density at radius 3 is 2.76 bits per heavy atom. The van der Waals surface area contributed by atoms with E-state index in [9.17, 15) is 5.11 Å². The molecule has 0 aliphatic carbocycles. The highest BCUT2D eigenvalue weighted by Gasteiger charge is 2.02. The van der Waals surface area contributed by atoms with Gasteiger partial charge in [-0.3, -0.25) is 4.98 Å². The fraction of sp³-hybridized carbons (Fsp3) is 0.118. The van der Waals surface area contributed by atoms with E-state index in [1.54, 1.807) is 6.07 Å². The van der Waals surface area contributed by atoms with Crippen molar-refractivity contribution in [2.45, 2.75) is 13.1 Å². The second-order valence-electron chi connectivity index (χ2n) is 4.88. The van der Waals surface area contributed by atoms with Gasteiger partial charge in [0.2, 0.25) is 0 Å². The number of aromatic hydroxyl groups is 1.